The molecule has 17 heavy (non-hydrogen) atoms. The van der Waals surface area contributed by atoms with Gasteiger partial charge >= 0.3 is 0 Å². The zero-order valence-corrected chi connectivity index (χ0v) is 10.6. The molecule has 0 fully saturated rings. The van der Waals surface area contributed by atoms with Gasteiger partial charge in [-0.05, 0) is 30.7 Å². The molecule has 1 aromatic carbocycles. The second-order valence-electron chi connectivity index (χ2n) is 3.72. The van der Waals surface area contributed by atoms with Crippen LogP contribution in [0.4, 0.5) is 8.78 Å². The van der Waals surface area contributed by atoms with Crippen LogP contribution < -0.4 is 5.73 Å². The first-order valence-corrected chi connectivity index (χ1v) is 6.15. The van der Waals surface area contributed by atoms with E-state index >= 15 is 0 Å². The molecule has 90 valence electrons. The molecule has 5 heteroatoms. The number of rotatable bonds is 2. The zero-order chi connectivity index (χ0) is 12.6. The lowest BCUT2D eigenvalue weighted by atomic mass is 10.0. The predicted molar refractivity (Wildman–Crippen MR) is 66.5 cm³/mol. The molecule has 0 radical (unpaired) electrons. The van der Waals surface area contributed by atoms with Crippen molar-refractivity contribution in [2.45, 2.75) is 13.0 Å². The Morgan fingerprint density at radius 2 is 1.88 bits per heavy atom. The fourth-order valence-electron chi connectivity index (χ4n) is 1.59. The van der Waals surface area contributed by atoms with E-state index in [1.54, 1.807) is 6.07 Å². The number of hydrogen-bond acceptors (Lipinski definition) is 2. The van der Waals surface area contributed by atoms with Crippen molar-refractivity contribution in [3.63, 3.8) is 0 Å². The zero-order valence-electron chi connectivity index (χ0n) is 9.01. The summed E-state index contributed by atoms with van der Waals surface area (Å²) in [6.07, 6.45) is 0. The lowest BCUT2D eigenvalue weighted by molar-refractivity contribution is 0.545. The van der Waals surface area contributed by atoms with E-state index in [0.717, 1.165) is 5.56 Å². The van der Waals surface area contributed by atoms with Crippen LogP contribution in [-0.4, -0.2) is 0 Å². The standard InChI is InChI=1S/C12H10ClF2NS/c1-6-5-9(17-12(6)13)11(16)10-7(14)3-2-4-8(10)15/h2-5,11H,16H2,1H3. The molecule has 0 aliphatic heterocycles. The summed E-state index contributed by atoms with van der Waals surface area (Å²) in [6.45, 7) is 1.83. The van der Waals surface area contributed by atoms with Crippen LogP contribution in [0.25, 0.3) is 0 Å². The fourth-order valence-corrected chi connectivity index (χ4v) is 2.82. The smallest absolute Gasteiger partial charge is 0.131 e. The first kappa shape index (κ1) is 12.5. The number of thiophene rings is 1. The summed E-state index contributed by atoms with van der Waals surface area (Å²) < 4.78 is 27.7. The van der Waals surface area contributed by atoms with Crippen LogP contribution in [0.5, 0.6) is 0 Å². The summed E-state index contributed by atoms with van der Waals surface area (Å²) in [5.41, 5.74) is 6.61. The van der Waals surface area contributed by atoms with Gasteiger partial charge in [0.1, 0.15) is 11.6 Å². The van der Waals surface area contributed by atoms with E-state index in [0.29, 0.717) is 9.21 Å². The Kier molecular flexibility index (Phi) is 3.47. The molecular formula is C12H10ClF2NS. The molecule has 1 heterocycles. The van der Waals surface area contributed by atoms with Gasteiger partial charge in [0, 0.05) is 10.4 Å². The van der Waals surface area contributed by atoms with Crippen LogP contribution in [-0.2, 0) is 0 Å². The van der Waals surface area contributed by atoms with Gasteiger partial charge in [0.2, 0.25) is 0 Å². The molecule has 2 N–H and O–H groups in total. The minimum atomic E-state index is -0.826. The quantitative estimate of drug-likeness (QED) is 0.878. The molecule has 1 unspecified atom stereocenters. The maximum absolute atomic E-state index is 13.5. The molecule has 0 spiro atoms. The van der Waals surface area contributed by atoms with Crippen LogP contribution in [0.15, 0.2) is 24.3 Å². The SMILES string of the molecule is Cc1cc(C(N)c2c(F)cccc2F)sc1Cl. The van der Waals surface area contributed by atoms with E-state index in [1.807, 2.05) is 6.92 Å². The Hall–Kier alpha value is -0.970. The van der Waals surface area contributed by atoms with Gasteiger partial charge in [-0.1, -0.05) is 17.7 Å². The van der Waals surface area contributed by atoms with Gasteiger partial charge in [-0.15, -0.1) is 11.3 Å². The Morgan fingerprint density at radius 3 is 2.35 bits per heavy atom. The van der Waals surface area contributed by atoms with Gasteiger partial charge in [-0.3, -0.25) is 0 Å². The Morgan fingerprint density at radius 1 is 1.29 bits per heavy atom. The van der Waals surface area contributed by atoms with Crippen LogP contribution in [0.1, 0.15) is 22.0 Å². The normalized spacial score (nSPS) is 12.8. The average molecular weight is 274 g/mol. The number of nitrogens with two attached hydrogens (primary N) is 1. The Bertz CT molecular complexity index is 514. The molecule has 0 amide bonds. The molecule has 0 saturated carbocycles. The summed E-state index contributed by atoms with van der Waals surface area (Å²) in [5, 5.41) is 0. The first-order chi connectivity index (χ1) is 8.00. The van der Waals surface area contributed by atoms with Crippen LogP contribution in [0.2, 0.25) is 4.34 Å². The van der Waals surface area contributed by atoms with E-state index in [-0.39, 0.29) is 5.56 Å². The first-order valence-electron chi connectivity index (χ1n) is 4.96. The molecular weight excluding hydrogens is 264 g/mol. The highest BCUT2D eigenvalue weighted by Crippen LogP contribution is 2.34. The fraction of sp³-hybridized carbons (Fsp3) is 0.167. The van der Waals surface area contributed by atoms with Gasteiger partial charge in [-0.25, -0.2) is 8.78 Å². The molecule has 0 saturated heterocycles. The molecule has 2 rings (SSSR count). The molecule has 1 atom stereocenters. The van der Waals surface area contributed by atoms with Crippen molar-refractivity contribution in [3.05, 3.63) is 56.2 Å². The van der Waals surface area contributed by atoms with Gasteiger partial charge < -0.3 is 5.73 Å². The average Bonchev–Trinajstić information content (AvgIpc) is 2.59. The summed E-state index contributed by atoms with van der Waals surface area (Å²) in [5.74, 6) is -1.28. The highest BCUT2D eigenvalue weighted by Gasteiger charge is 2.20. The Labute approximate surface area is 107 Å². The third kappa shape index (κ3) is 2.34. The number of aryl methyl sites for hydroxylation is 1. The van der Waals surface area contributed by atoms with E-state index in [4.69, 9.17) is 17.3 Å². The van der Waals surface area contributed by atoms with E-state index in [9.17, 15) is 8.78 Å². The summed E-state index contributed by atoms with van der Waals surface area (Å²) in [4.78, 5) is 0.650. The van der Waals surface area contributed by atoms with Crippen LogP contribution >= 0.6 is 22.9 Å². The van der Waals surface area contributed by atoms with Gasteiger partial charge in [-0.2, -0.15) is 0 Å². The van der Waals surface area contributed by atoms with E-state index in [2.05, 4.69) is 0 Å². The lowest BCUT2D eigenvalue weighted by Gasteiger charge is -2.11. The third-order valence-corrected chi connectivity index (χ3v) is 4.13. The van der Waals surface area contributed by atoms with Crippen LogP contribution in [0.3, 0.4) is 0 Å². The van der Waals surface area contributed by atoms with Gasteiger partial charge in [0.15, 0.2) is 0 Å². The number of hydrogen-bond donors (Lipinski definition) is 1. The van der Waals surface area contributed by atoms with Crippen molar-refractivity contribution in [2.24, 2.45) is 5.73 Å². The minimum absolute atomic E-state index is 0.120. The monoisotopic (exact) mass is 273 g/mol. The molecule has 0 bridgehead atoms. The van der Waals surface area contributed by atoms with E-state index < -0.39 is 17.7 Å². The molecule has 0 aliphatic carbocycles. The minimum Gasteiger partial charge on any atom is -0.319 e. The molecule has 0 aliphatic rings. The second-order valence-corrected chi connectivity index (χ2v) is 5.40. The van der Waals surface area contributed by atoms with Crippen molar-refractivity contribution in [1.29, 1.82) is 0 Å². The largest absolute Gasteiger partial charge is 0.319 e. The van der Waals surface area contributed by atoms with Gasteiger partial charge in [0.25, 0.3) is 0 Å². The Balaban J connectivity index is 2.47. The van der Waals surface area contributed by atoms with Crippen molar-refractivity contribution in [3.8, 4) is 0 Å². The van der Waals surface area contributed by atoms with Crippen molar-refractivity contribution in [2.75, 3.05) is 0 Å². The predicted octanol–water partition coefficient (Wildman–Crippen LogP) is 4.04. The topological polar surface area (TPSA) is 26.0 Å². The van der Waals surface area contributed by atoms with Crippen molar-refractivity contribution >= 4 is 22.9 Å². The second kappa shape index (κ2) is 4.72. The highest BCUT2D eigenvalue weighted by molar-refractivity contribution is 7.16. The van der Waals surface area contributed by atoms with Crippen molar-refractivity contribution < 1.29 is 8.78 Å². The summed E-state index contributed by atoms with van der Waals surface area (Å²) in [6, 6.07) is 4.63. The molecule has 2 aromatic rings. The number of benzene rings is 1. The summed E-state index contributed by atoms with van der Waals surface area (Å²) in [7, 11) is 0. The van der Waals surface area contributed by atoms with E-state index in [1.165, 1.54) is 29.5 Å². The maximum atomic E-state index is 13.5. The summed E-state index contributed by atoms with van der Waals surface area (Å²) >= 11 is 7.16. The van der Waals surface area contributed by atoms with Crippen LogP contribution in [0, 0.1) is 18.6 Å². The maximum Gasteiger partial charge on any atom is 0.131 e. The lowest BCUT2D eigenvalue weighted by Crippen LogP contribution is -2.14. The molecule has 1 nitrogen and oxygen atoms in total. The highest BCUT2D eigenvalue weighted by atomic mass is 35.5. The molecule has 1 aromatic heterocycles. The number of halogens is 3. The third-order valence-electron chi connectivity index (χ3n) is 2.49. The van der Waals surface area contributed by atoms with Gasteiger partial charge in [0.05, 0.1) is 10.4 Å². The van der Waals surface area contributed by atoms with Crippen molar-refractivity contribution in [1.82, 2.24) is 0 Å².